The van der Waals surface area contributed by atoms with E-state index in [4.69, 9.17) is 19.3 Å². The van der Waals surface area contributed by atoms with Gasteiger partial charge < -0.3 is 39.7 Å². The van der Waals surface area contributed by atoms with E-state index in [1.807, 2.05) is 0 Å². The number of Topliss-reactive ketones (excluding diaryl/α,β-unsaturated/α-hetero) is 1. The number of hydrogen-bond acceptors (Lipinski definition) is 9. The molecule has 0 spiro atoms. The van der Waals surface area contributed by atoms with E-state index in [1.54, 1.807) is 12.1 Å². The lowest BCUT2D eigenvalue weighted by Crippen LogP contribution is -2.61. The molecule has 1 heterocycles. The number of carbonyl (C=O) groups excluding carboxylic acids is 1. The largest absolute Gasteiger partial charge is 0.493 e. The summed E-state index contributed by atoms with van der Waals surface area (Å²) in [5.41, 5.74) is 0.775. The molecule has 0 aliphatic carbocycles. The Morgan fingerprint density at radius 3 is 2.45 bits per heavy atom. The van der Waals surface area contributed by atoms with Crippen LogP contribution in [0.4, 0.5) is 0 Å². The highest BCUT2D eigenvalue weighted by Crippen LogP contribution is 2.32. The molecule has 10 nitrogen and oxygen atoms in total. The topological polar surface area (TPSA) is 163 Å². The smallest absolute Gasteiger partial charge is 0.335 e. The fourth-order valence-corrected chi connectivity index (χ4v) is 3.62. The van der Waals surface area contributed by atoms with Crippen LogP contribution in [0.1, 0.15) is 51.0 Å². The van der Waals surface area contributed by atoms with Crippen LogP contribution in [0.5, 0.6) is 11.5 Å². The first-order valence-electron chi connectivity index (χ1n) is 11.1. The zero-order valence-electron chi connectivity index (χ0n) is 18.9. The number of methoxy groups -OCH3 is 1. The van der Waals surface area contributed by atoms with Crippen LogP contribution in [0.15, 0.2) is 18.2 Å². The molecule has 0 unspecified atom stereocenters. The lowest BCUT2D eigenvalue weighted by atomic mass is 9.99. The van der Waals surface area contributed by atoms with Crippen molar-refractivity contribution in [2.75, 3.05) is 7.11 Å². The van der Waals surface area contributed by atoms with Gasteiger partial charge in [-0.05, 0) is 30.5 Å². The molecule has 1 aromatic carbocycles. The minimum Gasteiger partial charge on any atom is -0.493 e. The Hall–Kier alpha value is -2.24. The molecule has 6 atom stereocenters. The first kappa shape index (κ1) is 27.0. The number of carboxylic acids is 1. The molecule has 1 aliphatic heterocycles. The summed E-state index contributed by atoms with van der Waals surface area (Å²) in [5, 5.41) is 48.9. The van der Waals surface area contributed by atoms with Crippen molar-refractivity contribution in [3.8, 4) is 11.5 Å². The van der Waals surface area contributed by atoms with Crippen molar-refractivity contribution >= 4 is 11.8 Å². The number of benzene rings is 1. The summed E-state index contributed by atoms with van der Waals surface area (Å²) >= 11 is 0. The molecule has 1 fully saturated rings. The van der Waals surface area contributed by atoms with Crippen LogP contribution < -0.4 is 9.47 Å². The van der Waals surface area contributed by atoms with Gasteiger partial charge in [0.1, 0.15) is 24.1 Å². The number of hydrogen-bond donors (Lipinski definition) is 5. The minimum atomic E-state index is -1.82. The molecule has 2 rings (SSSR count). The summed E-state index contributed by atoms with van der Waals surface area (Å²) in [4.78, 5) is 23.4. The van der Waals surface area contributed by atoms with Crippen molar-refractivity contribution < 1.29 is 49.3 Å². The van der Waals surface area contributed by atoms with Gasteiger partial charge in [-0.2, -0.15) is 0 Å². The first-order valence-corrected chi connectivity index (χ1v) is 11.1. The van der Waals surface area contributed by atoms with E-state index in [0.717, 1.165) is 24.8 Å². The quantitative estimate of drug-likeness (QED) is 0.261. The monoisotopic (exact) mass is 470 g/mol. The highest BCUT2D eigenvalue weighted by molar-refractivity contribution is 5.79. The Labute approximate surface area is 192 Å². The van der Waals surface area contributed by atoms with E-state index >= 15 is 0 Å². The zero-order chi connectivity index (χ0) is 24.5. The number of unbranched alkanes of at least 4 members (excludes halogenated alkanes) is 2. The van der Waals surface area contributed by atoms with Crippen LogP contribution in [-0.4, -0.2) is 81.2 Å². The van der Waals surface area contributed by atoms with E-state index < -0.39 is 42.8 Å². The molecular formula is C23H34O10. The third-order valence-corrected chi connectivity index (χ3v) is 5.58. The van der Waals surface area contributed by atoms with Crippen LogP contribution in [0, 0.1) is 0 Å². The molecule has 5 N–H and O–H groups in total. The molecule has 0 aromatic heterocycles. The summed E-state index contributed by atoms with van der Waals surface area (Å²) in [5.74, 6) is -1.17. The number of aliphatic hydroxyl groups is 4. The van der Waals surface area contributed by atoms with Gasteiger partial charge in [0.25, 0.3) is 0 Å². The average Bonchev–Trinajstić information content (AvgIpc) is 2.78. The molecular weight excluding hydrogens is 436 g/mol. The van der Waals surface area contributed by atoms with Crippen molar-refractivity contribution in [2.45, 2.75) is 88.7 Å². The van der Waals surface area contributed by atoms with Gasteiger partial charge >= 0.3 is 5.97 Å². The van der Waals surface area contributed by atoms with Gasteiger partial charge in [0.2, 0.25) is 6.29 Å². The van der Waals surface area contributed by atoms with E-state index in [9.17, 15) is 30.0 Å². The maximum absolute atomic E-state index is 12.2. The van der Waals surface area contributed by atoms with E-state index in [-0.39, 0.29) is 30.1 Å². The molecule has 0 bridgehead atoms. The number of aryl methyl sites for hydroxylation is 1. The molecule has 186 valence electrons. The van der Waals surface area contributed by atoms with Gasteiger partial charge in [0, 0.05) is 12.8 Å². The SMILES string of the molecule is CCCCC[C@@H](O)CC(=O)CCc1ccc(O[C@@H]2O[C@H](C(=O)O)[C@@H](O)[C@H](O)[C@H]2O)c(OC)c1. The lowest BCUT2D eigenvalue weighted by molar-refractivity contribution is -0.271. The Bertz CT molecular complexity index is 783. The van der Waals surface area contributed by atoms with Crippen molar-refractivity contribution in [3.63, 3.8) is 0 Å². The number of carbonyl (C=O) groups is 2. The van der Waals surface area contributed by atoms with E-state index in [2.05, 4.69) is 6.92 Å². The van der Waals surface area contributed by atoms with Crippen molar-refractivity contribution in [2.24, 2.45) is 0 Å². The van der Waals surface area contributed by atoms with Gasteiger partial charge in [0.15, 0.2) is 17.6 Å². The standard InChI is InChI=1S/C23H34O10/c1-3-4-5-6-14(24)12-15(25)9-7-13-8-10-16(17(11-13)31-2)32-23-20(28)18(26)19(27)21(33-23)22(29)30/h8,10-11,14,18-21,23-24,26-28H,3-7,9,12H2,1-2H3,(H,29,30)/t14-,18+,19+,20-,21+,23-/m1/s1. The van der Waals surface area contributed by atoms with Gasteiger partial charge in [-0.3, -0.25) is 4.79 Å². The Balaban J connectivity index is 1.97. The van der Waals surface area contributed by atoms with Crippen LogP contribution in [0.2, 0.25) is 0 Å². The van der Waals surface area contributed by atoms with E-state index in [0.29, 0.717) is 12.8 Å². The number of rotatable bonds is 13. The molecule has 10 heteroatoms. The second-order valence-electron chi connectivity index (χ2n) is 8.23. The van der Waals surface area contributed by atoms with Gasteiger partial charge in [-0.1, -0.05) is 32.3 Å². The predicted octanol–water partition coefficient (Wildman–Crippen LogP) is 0.799. The normalized spacial score (nSPS) is 25.9. The third-order valence-electron chi connectivity index (χ3n) is 5.58. The van der Waals surface area contributed by atoms with Gasteiger partial charge in [-0.25, -0.2) is 4.79 Å². The van der Waals surface area contributed by atoms with Crippen molar-refractivity contribution in [1.29, 1.82) is 0 Å². The van der Waals surface area contributed by atoms with Gasteiger partial charge in [0.05, 0.1) is 13.2 Å². The number of ketones is 1. The molecule has 0 radical (unpaired) electrons. The first-order chi connectivity index (χ1) is 15.7. The van der Waals surface area contributed by atoms with Crippen LogP contribution in [-0.2, 0) is 20.7 Å². The van der Waals surface area contributed by atoms with Crippen LogP contribution >= 0.6 is 0 Å². The molecule has 1 aliphatic rings. The van der Waals surface area contributed by atoms with Crippen molar-refractivity contribution in [3.05, 3.63) is 23.8 Å². The molecule has 1 aromatic rings. The average molecular weight is 471 g/mol. The summed E-state index contributed by atoms with van der Waals surface area (Å²) in [6.07, 6.45) is -4.86. The Morgan fingerprint density at radius 1 is 1.09 bits per heavy atom. The second kappa shape index (κ2) is 12.9. The zero-order valence-corrected chi connectivity index (χ0v) is 18.9. The second-order valence-corrected chi connectivity index (χ2v) is 8.23. The van der Waals surface area contributed by atoms with Crippen LogP contribution in [0.3, 0.4) is 0 Å². The third kappa shape index (κ3) is 7.65. The van der Waals surface area contributed by atoms with Crippen LogP contribution in [0.25, 0.3) is 0 Å². The summed E-state index contributed by atoms with van der Waals surface area (Å²) in [6.45, 7) is 2.08. The van der Waals surface area contributed by atoms with Gasteiger partial charge in [-0.15, -0.1) is 0 Å². The molecule has 33 heavy (non-hydrogen) atoms. The van der Waals surface area contributed by atoms with E-state index in [1.165, 1.54) is 13.2 Å². The number of carboxylic acid groups (broad SMARTS) is 1. The highest BCUT2D eigenvalue weighted by atomic mass is 16.7. The predicted molar refractivity (Wildman–Crippen MR) is 116 cm³/mol. The molecule has 0 saturated carbocycles. The molecule has 0 amide bonds. The molecule has 1 saturated heterocycles. The Kier molecular flexibility index (Phi) is 10.5. The number of aliphatic carboxylic acids is 1. The fraction of sp³-hybridized carbons (Fsp3) is 0.652. The fourth-order valence-electron chi connectivity index (χ4n) is 3.62. The highest BCUT2D eigenvalue weighted by Gasteiger charge is 2.48. The summed E-state index contributed by atoms with van der Waals surface area (Å²) in [7, 11) is 1.39. The minimum absolute atomic E-state index is 0.0377. The maximum Gasteiger partial charge on any atom is 0.335 e. The number of aliphatic hydroxyl groups excluding tert-OH is 4. The number of ether oxygens (including phenoxy) is 3. The summed E-state index contributed by atoms with van der Waals surface area (Å²) < 4.78 is 16.0. The van der Waals surface area contributed by atoms with Crippen molar-refractivity contribution in [1.82, 2.24) is 0 Å². The summed E-state index contributed by atoms with van der Waals surface area (Å²) in [6, 6.07) is 4.83. The maximum atomic E-state index is 12.2. The Morgan fingerprint density at radius 2 is 1.82 bits per heavy atom. The lowest BCUT2D eigenvalue weighted by Gasteiger charge is -2.38.